The second kappa shape index (κ2) is 9.17. The third kappa shape index (κ3) is 7.50. The van der Waals surface area contributed by atoms with Crippen LogP contribution in [0.4, 0.5) is 10.5 Å². The number of alkyl carbamates (subject to hydrolysis) is 1. The van der Waals surface area contributed by atoms with Crippen LogP contribution >= 0.6 is 0 Å². The Labute approximate surface area is 153 Å². The van der Waals surface area contributed by atoms with Crippen LogP contribution in [0.5, 0.6) is 0 Å². The van der Waals surface area contributed by atoms with Crippen LogP contribution < -0.4 is 5.32 Å². The molecule has 1 aromatic carbocycles. The lowest BCUT2D eigenvalue weighted by Gasteiger charge is -2.23. The summed E-state index contributed by atoms with van der Waals surface area (Å²) in [6, 6.07) is 5.13. The third-order valence-corrected chi connectivity index (χ3v) is 3.24. The van der Waals surface area contributed by atoms with E-state index in [2.05, 4.69) is 5.32 Å². The number of amides is 1. The number of esters is 1. The molecule has 0 aliphatic rings. The van der Waals surface area contributed by atoms with Crippen LogP contribution in [0.25, 0.3) is 0 Å². The van der Waals surface area contributed by atoms with E-state index < -0.39 is 28.6 Å². The Morgan fingerprint density at radius 1 is 1.23 bits per heavy atom. The molecule has 8 nitrogen and oxygen atoms in total. The number of hydrogen-bond donors (Lipinski definition) is 1. The standard InChI is InChI=1S/C18H26N2O6/c1-12(2)10-14(19-17(22)26-18(3,4)5)16(21)25-11-13-8-6-7-9-15(13)20(23)24/h6-9,12,14H,10-11H2,1-5H3,(H,19,22). The fraction of sp³-hybridized carbons (Fsp3) is 0.556. The SMILES string of the molecule is CC(C)CC(NC(=O)OC(C)(C)C)C(=O)OCc1ccccc1[N+](=O)[O-]. The average molecular weight is 366 g/mol. The highest BCUT2D eigenvalue weighted by Gasteiger charge is 2.27. The van der Waals surface area contributed by atoms with E-state index in [9.17, 15) is 19.7 Å². The van der Waals surface area contributed by atoms with E-state index in [0.717, 1.165) is 0 Å². The molecule has 0 bridgehead atoms. The van der Waals surface area contributed by atoms with E-state index >= 15 is 0 Å². The van der Waals surface area contributed by atoms with Crippen molar-refractivity contribution in [1.82, 2.24) is 5.32 Å². The highest BCUT2D eigenvalue weighted by Crippen LogP contribution is 2.19. The number of carbonyl (C=O) groups is 2. The summed E-state index contributed by atoms with van der Waals surface area (Å²) >= 11 is 0. The molecule has 0 saturated carbocycles. The number of nitrogens with zero attached hydrogens (tertiary/aromatic N) is 1. The maximum Gasteiger partial charge on any atom is 0.408 e. The minimum absolute atomic E-state index is 0.119. The first-order valence-corrected chi connectivity index (χ1v) is 8.38. The van der Waals surface area contributed by atoms with Gasteiger partial charge in [0.2, 0.25) is 0 Å². The first kappa shape index (κ1) is 21.4. The average Bonchev–Trinajstić information content (AvgIpc) is 2.49. The zero-order chi connectivity index (χ0) is 19.9. The van der Waals surface area contributed by atoms with Crippen molar-refractivity contribution >= 4 is 17.7 Å². The number of para-hydroxylation sites is 1. The van der Waals surface area contributed by atoms with Crippen molar-refractivity contribution in [3.05, 3.63) is 39.9 Å². The molecule has 0 aromatic heterocycles. The van der Waals surface area contributed by atoms with Crippen molar-refractivity contribution in [2.75, 3.05) is 0 Å². The van der Waals surface area contributed by atoms with E-state index in [1.54, 1.807) is 26.8 Å². The van der Waals surface area contributed by atoms with Gasteiger partial charge >= 0.3 is 12.1 Å². The van der Waals surface area contributed by atoms with Crippen LogP contribution in [0, 0.1) is 16.0 Å². The molecule has 1 atom stereocenters. The van der Waals surface area contributed by atoms with Gasteiger partial charge in [-0.25, -0.2) is 9.59 Å². The maximum absolute atomic E-state index is 12.4. The zero-order valence-corrected chi connectivity index (χ0v) is 15.8. The highest BCUT2D eigenvalue weighted by molar-refractivity contribution is 5.81. The molecule has 1 aromatic rings. The molecular weight excluding hydrogens is 340 g/mol. The molecule has 1 rings (SSSR count). The van der Waals surface area contributed by atoms with Crippen molar-refractivity contribution < 1.29 is 24.0 Å². The van der Waals surface area contributed by atoms with Gasteiger partial charge in [0.05, 0.1) is 10.5 Å². The largest absolute Gasteiger partial charge is 0.459 e. The van der Waals surface area contributed by atoms with Crippen molar-refractivity contribution in [2.45, 2.75) is 59.3 Å². The molecule has 0 aliphatic heterocycles. The van der Waals surface area contributed by atoms with Crippen LogP contribution in [0.1, 0.15) is 46.6 Å². The summed E-state index contributed by atoms with van der Waals surface area (Å²) < 4.78 is 10.4. The Morgan fingerprint density at radius 3 is 2.38 bits per heavy atom. The van der Waals surface area contributed by atoms with Gasteiger partial charge in [0.15, 0.2) is 0 Å². The second-order valence-electron chi connectivity index (χ2n) is 7.32. The zero-order valence-electron chi connectivity index (χ0n) is 15.8. The van der Waals surface area contributed by atoms with Gasteiger partial charge in [-0.3, -0.25) is 10.1 Å². The molecule has 0 saturated heterocycles. The van der Waals surface area contributed by atoms with E-state index in [4.69, 9.17) is 9.47 Å². The smallest absolute Gasteiger partial charge is 0.408 e. The van der Waals surface area contributed by atoms with E-state index in [0.29, 0.717) is 6.42 Å². The van der Waals surface area contributed by atoms with Gasteiger partial charge in [-0.05, 0) is 39.2 Å². The number of ether oxygens (including phenoxy) is 2. The Hall–Kier alpha value is -2.64. The summed E-state index contributed by atoms with van der Waals surface area (Å²) in [4.78, 5) is 34.8. The van der Waals surface area contributed by atoms with Gasteiger partial charge in [-0.15, -0.1) is 0 Å². The molecule has 1 amide bonds. The summed E-state index contributed by atoms with van der Waals surface area (Å²) in [6.45, 7) is 8.71. The van der Waals surface area contributed by atoms with E-state index in [-0.39, 0.29) is 23.8 Å². The van der Waals surface area contributed by atoms with Crippen molar-refractivity contribution in [1.29, 1.82) is 0 Å². The Bertz CT molecular complexity index is 651. The van der Waals surface area contributed by atoms with Crippen molar-refractivity contribution in [3.8, 4) is 0 Å². The van der Waals surface area contributed by atoms with Gasteiger partial charge in [0.1, 0.15) is 18.2 Å². The normalized spacial score (nSPS) is 12.4. The lowest BCUT2D eigenvalue weighted by molar-refractivity contribution is -0.385. The first-order chi connectivity index (χ1) is 12.0. The fourth-order valence-corrected chi connectivity index (χ4v) is 2.20. The number of benzene rings is 1. The van der Waals surface area contributed by atoms with Crippen LogP contribution in [0.15, 0.2) is 24.3 Å². The van der Waals surface area contributed by atoms with Crippen LogP contribution in [-0.2, 0) is 20.9 Å². The van der Waals surface area contributed by atoms with Gasteiger partial charge in [-0.2, -0.15) is 0 Å². The summed E-state index contributed by atoms with van der Waals surface area (Å²) in [5.74, 6) is -0.545. The molecular formula is C18H26N2O6. The monoisotopic (exact) mass is 366 g/mol. The first-order valence-electron chi connectivity index (χ1n) is 8.38. The maximum atomic E-state index is 12.4. The van der Waals surface area contributed by atoms with Gasteiger partial charge in [-0.1, -0.05) is 26.0 Å². The minimum Gasteiger partial charge on any atom is -0.459 e. The number of nitro groups is 1. The molecule has 8 heteroatoms. The number of hydrogen-bond acceptors (Lipinski definition) is 6. The molecule has 0 aliphatic carbocycles. The molecule has 0 fully saturated rings. The number of carbonyl (C=O) groups excluding carboxylic acids is 2. The van der Waals surface area contributed by atoms with E-state index in [1.807, 2.05) is 13.8 Å². The third-order valence-electron chi connectivity index (χ3n) is 3.24. The Kier molecular flexibility index (Phi) is 7.55. The molecule has 0 heterocycles. The Balaban J connectivity index is 2.78. The molecule has 26 heavy (non-hydrogen) atoms. The number of nitro benzene ring substituents is 1. The highest BCUT2D eigenvalue weighted by atomic mass is 16.6. The summed E-state index contributed by atoms with van der Waals surface area (Å²) in [6.07, 6.45) is -0.361. The predicted molar refractivity (Wildman–Crippen MR) is 95.5 cm³/mol. The van der Waals surface area contributed by atoms with Gasteiger partial charge < -0.3 is 14.8 Å². The number of rotatable bonds is 7. The fourth-order valence-electron chi connectivity index (χ4n) is 2.20. The second-order valence-corrected chi connectivity index (χ2v) is 7.32. The Morgan fingerprint density at radius 2 is 1.85 bits per heavy atom. The molecule has 144 valence electrons. The summed E-state index contributed by atoms with van der Waals surface area (Å²) in [7, 11) is 0. The summed E-state index contributed by atoms with van der Waals surface area (Å²) in [5, 5.41) is 13.5. The van der Waals surface area contributed by atoms with Crippen LogP contribution in [0.2, 0.25) is 0 Å². The van der Waals surface area contributed by atoms with Crippen molar-refractivity contribution in [2.24, 2.45) is 5.92 Å². The quantitative estimate of drug-likeness (QED) is 0.449. The van der Waals surface area contributed by atoms with E-state index in [1.165, 1.54) is 18.2 Å². The molecule has 1 unspecified atom stereocenters. The number of nitrogens with one attached hydrogen (secondary N) is 1. The minimum atomic E-state index is -0.896. The molecule has 0 radical (unpaired) electrons. The molecule has 0 spiro atoms. The van der Waals surface area contributed by atoms with Crippen molar-refractivity contribution in [3.63, 3.8) is 0 Å². The predicted octanol–water partition coefficient (Wildman–Crippen LogP) is 3.58. The van der Waals surface area contributed by atoms with Crippen LogP contribution in [-0.4, -0.2) is 28.6 Å². The van der Waals surface area contributed by atoms with Gasteiger partial charge in [0.25, 0.3) is 5.69 Å². The van der Waals surface area contributed by atoms with Crippen LogP contribution in [0.3, 0.4) is 0 Å². The molecule has 1 N–H and O–H groups in total. The lowest BCUT2D eigenvalue weighted by atomic mass is 10.0. The topological polar surface area (TPSA) is 108 Å². The lowest BCUT2D eigenvalue weighted by Crippen LogP contribution is -2.44. The van der Waals surface area contributed by atoms with Gasteiger partial charge in [0, 0.05) is 6.07 Å². The summed E-state index contributed by atoms with van der Waals surface area (Å²) in [5.41, 5.74) is -0.534.